The van der Waals surface area contributed by atoms with Crippen LogP contribution in [0.1, 0.15) is 45.7 Å². The summed E-state index contributed by atoms with van der Waals surface area (Å²) in [6.45, 7) is 3.88. The minimum atomic E-state index is -0.443. The predicted octanol–water partition coefficient (Wildman–Crippen LogP) is 2.81. The predicted molar refractivity (Wildman–Crippen MR) is 80.4 cm³/mol. The van der Waals surface area contributed by atoms with E-state index in [9.17, 15) is 9.59 Å². The minimum Gasteiger partial charge on any atom is -0.461 e. The molecule has 5 nitrogen and oxygen atoms in total. The summed E-state index contributed by atoms with van der Waals surface area (Å²) in [5, 5.41) is 5.16. The number of nitrogens with one attached hydrogen (secondary N) is 1. The molecule has 1 aromatic heterocycles. The standard InChI is InChI=1S/C15H16N2O3S/c1-3-20-15(19)12-9-21-14(17-12)10(2)16-13(18)11-7-5-4-6-8-11/h4-10H,3H2,1-2H3,(H,16,18)/t10-/m1/s1. The topological polar surface area (TPSA) is 68.3 Å². The Morgan fingerprint density at radius 1 is 1.33 bits per heavy atom. The second kappa shape index (κ2) is 6.99. The van der Waals surface area contributed by atoms with Gasteiger partial charge >= 0.3 is 5.97 Å². The third-order valence-electron chi connectivity index (χ3n) is 2.76. The van der Waals surface area contributed by atoms with Gasteiger partial charge in [0, 0.05) is 10.9 Å². The smallest absolute Gasteiger partial charge is 0.357 e. The van der Waals surface area contributed by atoms with Gasteiger partial charge < -0.3 is 10.1 Å². The van der Waals surface area contributed by atoms with Gasteiger partial charge in [0.1, 0.15) is 5.01 Å². The van der Waals surface area contributed by atoms with Gasteiger partial charge in [0.2, 0.25) is 0 Å². The van der Waals surface area contributed by atoms with Crippen molar-refractivity contribution in [1.82, 2.24) is 10.3 Å². The number of carbonyl (C=O) groups is 2. The zero-order chi connectivity index (χ0) is 15.2. The normalized spacial score (nSPS) is 11.7. The molecular formula is C15H16N2O3S. The molecule has 1 N–H and O–H groups in total. The molecule has 1 aromatic carbocycles. The summed E-state index contributed by atoms with van der Waals surface area (Å²) < 4.78 is 4.89. The number of rotatable bonds is 5. The Morgan fingerprint density at radius 2 is 2.05 bits per heavy atom. The van der Waals surface area contributed by atoms with Gasteiger partial charge in [0.15, 0.2) is 5.69 Å². The number of amides is 1. The van der Waals surface area contributed by atoms with E-state index in [0.29, 0.717) is 17.2 Å². The number of ether oxygens (including phenoxy) is 1. The second-order valence-corrected chi connectivity index (χ2v) is 5.24. The molecule has 110 valence electrons. The third-order valence-corrected chi connectivity index (χ3v) is 3.79. The van der Waals surface area contributed by atoms with E-state index in [4.69, 9.17) is 4.74 Å². The Morgan fingerprint density at radius 3 is 2.71 bits per heavy atom. The van der Waals surface area contributed by atoms with Crippen molar-refractivity contribution in [1.29, 1.82) is 0 Å². The molecule has 0 unspecified atom stereocenters. The first kappa shape index (κ1) is 15.2. The Labute approximate surface area is 127 Å². The molecule has 1 atom stereocenters. The van der Waals surface area contributed by atoms with Crippen molar-refractivity contribution in [2.75, 3.05) is 6.61 Å². The SMILES string of the molecule is CCOC(=O)c1csc([C@@H](C)NC(=O)c2ccccc2)n1. The molecule has 0 spiro atoms. The van der Waals surface area contributed by atoms with Crippen molar-refractivity contribution in [3.8, 4) is 0 Å². The van der Waals surface area contributed by atoms with Crippen LogP contribution in [-0.4, -0.2) is 23.5 Å². The molecule has 0 aliphatic rings. The first-order valence-corrected chi connectivity index (χ1v) is 7.48. The summed E-state index contributed by atoms with van der Waals surface area (Å²) in [5.74, 6) is -0.613. The highest BCUT2D eigenvalue weighted by Crippen LogP contribution is 2.19. The van der Waals surface area contributed by atoms with Gasteiger partial charge in [-0.15, -0.1) is 11.3 Å². The van der Waals surface area contributed by atoms with Crippen molar-refractivity contribution in [3.63, 3.8) is 0 Å². The van der Waals surface area contributed by atoms with E-state index in [1.165, 1.54) is 11.3 Å². The average molecular weight is 304 g/mol. The number of nitrogens with zero attached hydrogens (tertiary/aromatic N) is 1. The number of esters is 1. The van der Waals surface area contributed by atoms with Crippen molar-refractivity contribution in [2.45, 2.75) is 19.9 Å². The molecule has 0 aliphatic heterocycles. The van der Waals surface area contributed by atoms with Crippen LogP contribution in [0.15, 0.2) is 35.7 Å². The van der Waals surface area contributed by atoms with Gasteiger partial charge in [-0.1, -0.05) is 18.2 Å². The fourth-order valence-corrected chi connectivity index (χ4v) is 2.51. The van der Waals surface area contributed by atoms with E-state index in [-0.39, 0.29) is 17.6 Å². The Kier molecular flexibility index (Phi) is 5.05. The molecule has 6 heteroatoms. The summed E-state index contributed by atoms with van der Waals surface area (Å²) in [6, 6.07) is 8.68. The van der Waals surface area contributed by atoms with E-state index < -0.39 is 5.97 Å². The average Bonchev–Trinajstić information content (AvgIpc) is 2.98. The van der Waals surface area contributed by atoms with Crippen LogP contribution in [0, 0.1) is 0 Å². The van der Waals surface area contributed by atoms with Crippen LogP contribution in [-0.2, 0) is 4.74 Å². The molecule has 0 fully saturated rings. The lowest BCUT2D eigenvalue weighted by Gasteiger charge is -2.11. The number of carbonyl (C=O) groups excluding carboxylic acids is 2. The lowest BCUT2D eigenvalue weighted by Crippen LogP contribution is -2.26. The largest absolute Gasteiger partial charge is 0.461 e. The van der Waals surface area contributed by atoms with Gasteiger partial charge in [0.25, 0.3) is 5.91 Å². The fourth-order valence-electron chi connectivity index (χ4n) is 1.72. The first-order chi connectivity index (χ1) is 10.1. The van der Waals surface area contributed by atoms with Crippen molar-refractivity contribution in [3.05, 3.63) is 52.0 Å². The van der Waals surface area contributed by atoms with Gasteiger partial charge in [-0.05, 0) is 26.0 Å². The van der Waals surface area contributed by atoms with Gasteiger partial charge in [-0.3, -0.25) is 4.79 Å². The molecule has 2 aromatic rings. The molecule has 2 rings (SSSR count). The summed E-state index contributed by atoms with van der Waals surface area (Å²) in [6.07, 6.45) is 0. The maximum atomic E-state index is 12.0. The van der Waals surface area contributed by atoms with Crippen LogP contribution in [0.25, 0.3) is 0 Å². The fraction of sp³-hybridized carbons (Fsp3) is 0.267. The van der Waals surface area contributed by atoms with Gasteiger partial charge in [-0.25, -0.2) is 9.78 Å². The van der Waals surface area contributed by atoms with Crippen LogP contribution in [0.5, 0.6) is 0 Å². The lowest BCUT2D eigenvalue weighted by molar-refractivity contribution is 0.0520. The van der Waals surface area contributed by atoms with E-state index in [2.05, 4.69) is 10.3 Å². The zero-order valence-electron chi connectivity index (χ0n) is 11.8. The van der Waals surface area contributed by atoms with Crippen molar-refractivity contribution < 1.29 is 14.3 Å². The second-order valence-electron chi connectivity index (χ2n) is 4.35. The van der Waals surface area contributed by atoms with Crippen LogP contribution < -0.4 is 5.32 Å². The molecule has 0 aliphatic carbocycles. The van der Waals surface area contributed by atoms with Crippen LogP contribution >= 0.6 is 11.3 Å². The van der Waals surface area contributed by atoms with Crippen molar-refractivity contribution in [2.24, 2.45) is 0 Å². The minimum absolute atomic E-state index is 0.170. The lowest BCUT2D eigenvalue weighted by atomic mass is 10.2. The Balaban J connectivity index is 2.02. The van der Waals surface area contributed by atoms with Crippen molar-refractivity contribution >= 4 is 23.2 Å². The molecule has 0 saturated heterocycles. The number of hydrogen-bond donors (Lipinski definition) is 1. The molecule has 0 saturated carbocycles. The molecule has 21 heavy (non-hydrogen) atoms. The van der Waals surface area contributed by atoms with E-state index >= 15 is 0 Å². The van der Waals surface area contributed by atoms with Gasteiger partial charge in [0.05, 0.1) is 12.6 Å². The molecule has 0 radical (unpaired) electrons. The van der Waals surface area contributed by atoms with E-state index in [0.717, 1.165) is 0 Å². The maximum Gasteiger partial charge on any atom is 0.357 e. The number of hydrogen-bond acceptors (Lipinski definition) is 5. The zero-order valence-corrected chi connectivity index (χ0v) is 12.6. The summed E-state index contributed by atoms with van der Waals surface area (Å²) in [7, 11) is 0. The first-order valence-electron chi connectivity index (χ1n) is 6.60. The summed E-state index contributed by atoms with van der Waals surface area (Å²) in [5.41, 5.74) is 0.865. The van der Waals surface area contributed by atoms with Crippen LogP contribution in [0.2, 0.25) is 0 Å². The highest BCUT2D eigenvalue weighted by molar-refractivity contribution is 7.09. The van der Waals surface area contributed by atoms with E-state index in [1.807, 2.05) is 25.1 Å². The molecule has 1 heterocycles. The van der Waals surface area contributed by atoms with Crippen LogP contribution in [0.3, 0.4) is 0 Å². The highest BCUT2D eigenvalue weighted by atomic mass is 32.1. The van der Waals surface area contributed by atoms with E-state index in [1.54, 1.807) is 24.4 Å². The van der Waals surface area contributed by atoms with Gasteiger partial charge in [-0.2, -0.15) is 0 Å². The highest BCUT2D eigenvalue weighted by Gasteiger charge is 2.17. The number of aromatic nitrogens is 1. The Bertz CT molecular complexity index is 625. The summed E-state index contributed by atoms with van der Waals surface area (Å²) >= 11 is 1.32. The Hall–Kier alpha value is -2.21. The van der Waals surface area contributed by atoms with Crippen LogP contribution in [0.4, 0.5) is 0 Å². The molecule has 1 amide bonds. The maximum absolute atomic E-state index is 12.0. The molecule has 0 bridgehead atoms. The number of thiazole rings is 1. The summed E-state index contributed by atoms with van der Waals surface area (Å²) in [4.78, 5) is 27.8. The third kappa shape index (κ3) is 3.88. The molecular weight excluding hydrogens is 288 g/mol. The monoisotopic (exact) mass is 304 g/mol. The quantitative estimate of drug-likeness (QED) is 0.862. The number of benzene rings is 1.